The van der Waals surface area contributed by atoms with E-state index >= 15 is 0 Å². The molecule has 9 nitrogen and oxygen atoms in total. The van der Waals surface area contributed by atoms with Crippen LogP contribution in [0.1, 0.15) is 11.3 Å². The molecule has 2 aromatic carbocycles. The SMILES string of the molecule is COc1cc(/C=C(\C#N)C(=O)Nc2c(C)n(C)n(-c3ccccc3)c2=O)cc2c1OCCO2. The van der Waals surface area contributed by atoms with E-state index in [1.54, 1.807) is 42.9 Å². The number of carbonyl (C=O) groups excluding carboxylic acids is 1. The van der Waals surface area contributed by atoms with Crippen molar-refractivity contribution in [2.24, 2.45) is 7.05 Å². The average molecular weight is 446 g/mol. The molecule has 0 bridgehead atoms. The molecule has 0 radical (unpaired) electrons. The van der Waals surface area contributed by atoms with Crippen LogP contribution >= 0.6 is 0 Å². The smallest absolute Gasteiger partial charge is 0.295 e. The molecule has 0 unspecified atom stereocenters. The predicted molar refractivity (Wildman–Crippen MR) is 122 cm³/mol. The van der Waals surface area contributed by atoms with Crippen LogP contribution in [-0.2, 0) is 11.8 Å². The highest BCUT2D eigenvalue weighted by Gasteiger charge is 2.21. The molecule has 9 heteroatoms. The number of nitrogens with zero attached hydrogens (tertiary/aromatic N) is 3. The fourth-order valence-corrected chi connectivity index (χ4v) is 3.59. The standard InChI is InChI=1S/C24H22N4O5/c1-15-21(24(30)28(27(15)2)18-7-5-4-6-8-18)26-23(29)17(14-25)11-16-12-19(31-3)22-20(13-16)32-9-10-33-22/h4-8,11-13H,9-10H2,1-3H3,(H,26,29)/b17-11+. The lowest BCUT2D eigenvalue weighted by atomic mass is 10.1. The van der Waals surface area contributed by atoms with Gasteiger partial charge in [-0.3, -0.25) is 14.3 Å². The molecule has 4 rings (SSSR count). The van der Waals surface area contributed by atoms with E-state index in [0.717, 1.165) is 0 Å². The second kappa shape index (κ2) is 8.96. The third-order valence-corrected chi connectivity index (χ3v) is 5.32. The maximum Gasteiger partial charge on any atom is 0.295 e. The van der Waals surface area contributed by atoms with Crippen molar-refractivity contribution in [1.29, 1.82) is 5.26 Å². The molecular weight excluding hydrogens is 424 g/mol. The number of fused-ring (bicyclic) bond motifs is 1. The van der Waals surface area contributed by atoms with Gasteiger partial charge in [0, 0.05) is 7.05 Å². The summed E-state index contributed by atoms with van der Waals surface area (Å²) in [5.74, 6) is 0.678. The normalized spacial score (nSPS) is 12.7. The quantitative estimate of drug-likeness (QED) is 0.477. The summed E-state index contributed by atoms with van der Waals surface area (Å²) in [4.78, 5) is 25.9. The van der Waals surface area contributed by atoms with Crippen LogP contribution in [0, 0.1) is 18.3 Å². The van der Waals surface area contributed by atoms with E-state index in [2.05, 4.69) is 5.32 Å². The van der Waals surface area contributed by atoms with Gasteiger partial charge >= 0.3 is 0 Å². The highest BCUT2D eigenvalue weighted by atomic mass is 16.6. The fourth-order valence-electron chi connectivity index (χ4n) is 3.59. The van der Waals surface area contributed by atoms with E-state index in [0.29, 0.717) is 47.4 Å². The van der Waals surface area contributed by atoms with E-state index in [1.807, 2.05) is 24.3 Å². The number of benzene rings is 2. The van der Waals surface area contributed by atoms with Crippen LogP contribution in [0.3, 0.4) is 0 Å². The number of hydrogen-bond acceptors (Lipinski definition) is 6. The van der Waals surface area contributed by atoms with Gasteiger partial charge in [-0.1, -0.05) is 18.2 Å². The first-order valence-electron chi connectivity index (χ1n) is 10.2. The minimum Gasteiger partial charge on any atom is -0.493 e. The molecule has 0 atom stereocenters. The lowest BCUT2D eigenvalue weighted by Gasteiger charge is -2.21. The number of methoxy groups -OCH3 is 1. The third-order valence-electron chi connectivity index (χ3n) is 5.32. The molecule has 1 aromatic heterocycles. The number of hydrogen-bond donors (Lipinski definition) is 1. The molecule has 1 aliphatic heterocycles. The number of carbonyl (C=O) groups is 1. The summed E-state index contributed by atoms with van der Waals surface area (Å²) in [6, 6.07) is 14.3. The van der Waals surface area contributed by atoms with Gasteiger partial charge in [-0.25, -0.2) is 4.68 Å². The molecular formula is C24H22N4O5. The van der Waals surface area contributed by atoms with Crippen LogP contribution in [0.5, 0.6) is 17.2 Å². The van der Waals surface area contributed by atoms with Crippen molar-refractivity contribution in [2.75, 3.05) is 25.6 Å². The van der Waals surface area contributed by atoms with Gasteiger partial charge in [0.2, 0.25) is 5.75 Å². The molecule has 33 heavy (non-hydrogen) atoms. The largest absolute Gasteiger partial charge is 0.493 e. The topological polar surface area (TPSA) is 108 Å². The molecule has 168 valence electrons. The number of para-hydroxylation sites is 1. The summed E-state index contributed by atoms with van der Waals surface area (Å²) in [7, 11) is 3.22. The summed E-state index contributed by atoms with van der Waals surface area (Å²) in [6.07, 6.45) is 1.41. The van der Waals surface area contributed by atoms with Gasteiger partial charge in [-0.2, -0.15) is 5.26 Å². The molecule has 1 amide bonds. The number of rotatable bonds is 5. The Hall–Kier alpha value is -4.45. The molecule has 0 spiro atoms. The van der Waals surface area contributed by atoms with Crippen molar-refractivity contribution in [1.82, 2.24) is 9.36 Å². The summed E-state index contributed by atoms with van der Waals surface area (Å²) in [6.45, 7) is 2.51. The monoisotopic (exact) mass is 446 g/mol. The van der Waals surface area contributed by atoms with Gasteiger partial charge < -0.3 is 19.5 Å². The Bertz CT molecular complexity index is 1330. The Labute approximate surface area is 190 Å². The van der Waals surface area contributed by atoms with Crippen LogP contribution in [0.15, 0.2) is 52.8 Å². The Morgan fingerprint density at radius 3 is 2.64 bits per heavy atom. The number of nitriles is 1. The summed E-state index contributed by atoms with van der Waals surface area (Å²) in [5, 5.41) is 12.2. The number of nitrogens with one attached hydrogen (secondary N) is 1. The Balaban J connectivity index is 1.67. The van der Waals surface area contributed by atoms with Gasteiger partial charge in [-0.05, 0) is 42.8 Å². The predicted octanol–water partition coefficient (Wildman–Crippen LogP) is 2.81. The first-order valence-corrected chi connectivity index (χ1v) is 10.2. The summed E-state index contributed by atoms with van der Waals surface area (Å²) < 4.78 is 19.6. The van der Waals surface area contributed by atoms with Crippen molar-refractivity contribution < 1.29 is 19.0 Å². The van der Waals surface area contributed by atoms with Crippen molar-refractivity contribution in [2.45, 2.75) is 6.92 Å². The van der Waals surface area contributed by atoms with E-state index in [-0.39, 0.29) is 11.3 Å². The molecule has 2 heterocycles. The highest BCUT2D eigenvalue weighted by molar-refractivity contribution is 6.09. The molecule has 0 saturated carbocycles. The number of aromatic nitrogens is 2. The van der Waals surface area contributed by atoms with Crippen molar-refractivity contribution >= 4 is 17.7 Å². The maximum absolute atomic E-state index is 13.0. The third kappa shape index (κ3) is 4.06. The van der Waals surface area contributed by atoms with Gasteiger partial charge in [0.05, 0.1) is 18.5 Å². The minimum atomic E-state index is -0.697. The van der Waals surface area contributed by atoms with E-state index in [4.69, 9.17) is 14.2 Å². The zero-order chi connectivity index (χ0) is 23.5. The minimum absolute atomic E-state index is 0.104. The van der Waals surface area contributed by atoms with Crippen LogP contribution in [0.25, 0.3) is 11.8 Å². The fraction of sp³-hybridized carbons (Fsp3) is 0.208. The lowest BCUT2D eigenvalue weighted by molar-refractivity contribution is -0.112. The second-order valence-corrected chi connectivity index (χ2v) is 7.31. The zero-order valence-corrected chi connectivity index (χ0v) is 18.4. The Morgan fingerprint density at radius 2 is 1.94 bits per heavy atom. The average Bonchev–Trinajstić information content (AvgIpc) is 3.05. The molecule has 0 saturated heterocycles. The number of amides is 1. The van der Waals surface area contributed by atoms with Crippen LogP contribution in [0.2, 0.25) is 0 Å². The van der Waals surface area contributed by atoms with Crippen LogP contribution in [-0.4, -0.2) is 35.6 Å². The lowest BCUT2D eigenvalue weighted by Crippen LogP contribution is -2.23. The molecule has 3 aromatic rings. The molecule has 0 fully saturated rings. The van der Waals surface area contributed by atoms with Crippen molar-refractivity contribution in [3.05, 3.63) is 69.6 Å². The maximum atomic E-state index is 13.0. The first-order chi connectivity index (χ1) is 15.9. The summed E-state index contributed by atoms with van der Waals surface area (Å²) in [5.41, 5.74) is 1.26. The van der Waals surface area contributed by atoms with Gasteiger partial charge in [0.1, 0.15) is 30.5 Å². The summed E-state index contributed by atoms with van der Waals surface area (Å²) >= 11 is 0. The second-order valence-electron chi connectivity index (χ2n) is 7.31. The highest BCUT2D eigenvalue weighted by Crippen LogP contribution is 2.40. The number of anilines is 1. The van der Waals surface area contributed by atoms with Gasteiger partial charge in [-0.15, -0.1) is 0 Å². The Kier molecular flexibility index (Phi) is 5.91. The molecule has 1 N–H and O–H groups in total. The van der Waals surface area contributed by atoms with Gasteiger partial charge in [0.15, 0.2) is 11.5 Å². The van der Waals surface area contributed by atoms with Crippen LogP contribution in [0.4, 0.5) is 5.69 Å². The van der Waals surface area contributed by atoms with Crippen molar-refractivity contribution in [3.8, 4) is 29.0 Å². The van der Waals surface area contributed by atoms with E-state index < -0.39 is 11.5 Å². The van der Waals surface area contributed by atoms with Crippen LogP contribution < -0.4 is 25.1 Å². The molecule has 0 aliphatic carbocycles. The van der Waals surface area contributed by atoms with Crippen molar-refractivity contribution in [3.63, 3.8) is 0 Å². The Morgan fingerprint density at radius 1 is 1.21 bits per heavy atom. The van der Waals surface area contributed by atoms with E-state index in [1.165, 1.54) is 17.9 Å². The first kappa shape index (κ1) is 21.8. The number of ether oxygens (including phenoxy) is 3. The molecule has 1 aliphatic rings. The van der Waals surface area contributed by atoms with E-state index in [9.17, 15) is 14.9 Å². The zero-order valence-electron chi connectivity index (χ0n) is 18.4. The van der Waals surface area contributed by atoms with Gasteiger partial charge in [0.25, 0.3) is 11.5 Å².